The number of carbonyl (C=O) groups excluding carboxylic acids is 1. The van der Waals surface area contributed by atoms with Crippen molar-refractivity contribution in [2.45, 2.75) is 104 Å². The van der Waals surface area contributed by atoms with Crippen LogP contribution in [0, 0.1) is 5.92 Å². The molecule has 0 N–H and O–H groups in total. The molecule has 0 bridgehead atoms. The molecular formula is C22H41BrO2. The van der Waals surface area contributed by atoms with Gasteiger partial charge < -0.3 is 4.74 Å². The largest absolute Gasteiger partial charge is 0.466 e. The zero-order valence-corrected chi connectivity index (χ0v) is 18.5. The summed E-state index contributed by atoms with van der Waals surface area (Å²) in [7, 11) is 0. The number of hydrogen-bond acceptors (Lipinski definition) is 2. The van der Waals surface area contributed by atoms with Crippen LogP contribution >= 0.6 is 15.9 Å². The van der Waals surface area contributed by atoms with Gasteiger partial charge in [-0.3, -0.25) is 4.79 Å². The molecule has 0 aromatic carbocycles. The highest BCUT2D eigenvalue weighted by Crippen LogP contribution is 2.13. The third kappa shape index (κ3) is 19.9. The van der Waals surface area contributed by atoms with Crippen LogP contribution in [0.4, 0.5) is 0 Å². The number of esters is 1. The van der Waals surface area contributed by atoms with Crippen molar-refractivity contribution >= 4 is 21.9 Å². The van der Waals surface area contributed by atoms with Gasteiger partial charge >= 0.3 is 5.97 Å². The monoisotopic (exact) mass is 416 g/mol. The third-order valence-electron chi connectivity index (χ3n) is 4.60. The number of ether oxygens (including phenoxy) is 1. The highest BCUT2D eigenvalue weighted by Gasteiger charge is 2.05. The van der Waals surface area contributed by atoms with Crippen LogP contribution in [-0.4, -0.2) is 17.9 Å². The van der Waals surface area contributed by atoms with E-state index in [0.29, 0.717) is 18.9 Å². The average Bonchev–Trinajstić information content (AvgIpc) is 2.56. The van der Waals surface area contributed by atoms with Gasteiger partial charge in [0.25, 0.3) is 0 Å². The van der Waals surface area contributed by atoms with Gasteiger partial charge in [-0.2, -0.15) is 0 Å². The molecule has 3 heteroatoms. The van der Waals surface area contributed by atoms with Crippen LogP contribution in [0.3, 0.4) is 0 Å². The highest BCUT2D eigenvalue weighted by atomic mass is 79.9. The third-order valence-corrected chi connectivity index (χ3v) is 5.16. The molecule has 148 valence electrons. The second-order valence-electron chi connectivity index (χ2n) is 7.59. The fourth-order valence-corrected chi connectivity index (χ4v) is 3.24. The first-order valence-corrected chi connectivity index (χ1v) is 11.5. The van der Waals surface area contributed by atoms with Crippen molar-refractivity contribution in [3.8, 4) is 0 Å². The number of alkyl halides is 1. The summed E-state index contributed by atoms with van der Waals surface area (Å²) in [6.07, 6.45) is 17.6. The van der Waals surface area contributed by atoms with Crippen LogP contribution in [0.25, 0.3) is 0 Å². The Morgan fingerprint density at radius 3 is 2.04 bits per heavy atom. The summed E-state index contributed by atoms with van der Waals surface area (Å²) in [5, 5.41) is 1.14. The normalized spacial score (nSPS) is 12.0. The van der Waals surface area contributed by atoms with Crippen molar-refractivity contribution < 1.29 is 9.53 Å². The second-order valence-corrected chi connectivity index (χ2v) is 8.39. The van der Waals surface area contributed by atoms with E-state index < -0.39 is 0 Å². The van der Waals surface area contributed by atoms with Crippen molar-refractivity contribution in [2.24, 2.45) is 5.92 Å². The molecule has 0 aliphatic carbocycles. The molecule has 25 heavy (non-hydrogen) atoms. The summed E-state index contributed by atoms with van der Waals surface area (Å²) < 4.78 is 5.36. The topological polar surface area (TPSA) is 26.3 Å². The molecule has 0 fully saturated rings. The minimum atomic E-state index is -0.00808. The zero-order chi connectivity index (χ0) is 18.8. The Kier molecular flexibility index (Phi) is 18.3. The standard InChI is InChI=1S/C22H41BrO2/c1-20(2)14-13-15-21(3)17-19-25-22(24)16-11-9-7-5-4-6-8-10-12-18-23/h14,21H,4-13,15-19H2,1-3H3. The van der Waals surface area contributed by atoms with E-state index in [-0.39, 0.29) is 5.97 Å². The lowest BCUT2D eigenvalue weighted by Gasteiger charge is -2.10. The molecule has 0 aromatic heterocycles. The lowest BCUT2D eigenvalue weighted by Crippen LogP contribution is -2.08. The SMILES string of the molecule is CC(C)=CCCC(C)CCOC(=O)CCCCCCCCCCCBr. The summed E-state index contributed by atoms with van der Waals surface area (Å²) in [5.74, 6) is 0.615. The van der Waals surface area contributed by atoms with Crippen LogP contribution in [0.5, 0.6) is 0 Å². The van der Waals surface area contributed by atoms with E-state index in [1.807, 2.05) is 0 Å². The van der Waals surface area contributed by atoms with Gasteiger partial charge in [0.05, 0.1) is 6.61 Å². The molecule has 0 saturated heterocycles. The maximum absolute atomic E-state index is 11.7. The van der Waals surface area contributed by atoms with E-state index in [9.17, 15) is 4.79 Å². The Hall–Kier alpha value is -0.310. The molecule has 0 aliphatic heterocycles. The number of rotatable bonds is 17. The van der Waals surface area contributed by atoms with Gasteiger partial charge in [0, 0.05) is 11.8 Å². The van der Waals surface area contributed by atoms with Gasteiger partial charge in [-0.1, -0.05) is 79.4 Å². The van der Waals surface area contributed by atoms with E-state index in [0.717, 1.165) is 31.0 Å². The number of unbranched alkanes of at least 4 members (excludes halogenated alkanes) is 8. The van der Waals surface area contributed by atoms with Crippen molar-refractivity contribution in [3.05, 3.63) is 11.6 Å². The molecule has 1 atom stereocenters. The van der Waals surface area contributed by atoms with Gasteiger partial charge in [0.15, 0.2) is 0 Å². The van der Waals surface area contributed by atoms with Gasteiger partial charge in [0.1, 0.15) is 0 Å². The molecular weight excluding hydrogens is 376 g/mol. The highest BCUT2D eigenvalue weighted by molar-refractivity contribution is 9.09. The lowest BCUT2D eigenvalue weighted by molar-refractivity contribution is -0.144. The summed E-state index contributed by atoms with van der Waals surface area (Å²) in [6.45, 7) is 7.10. The molecule has 2 nitrogen and oxygen atoms in total. The number of allylic oxidation sites excluding steroid dienone is 2. The summed E-state index contributed by atoms with van der Waals surface area (Å²) in [6, 6.07) is 0. The van der Waals surface area contributed by atoms with Crippen molar-refractivity contribution in [3.63, 3.8) is 0 Å². The molecule has 0 spiro atoms. The van der Waals surface area contributed by atoms with Crippen LogP contribution in [0.15, 0.2) is 11.6 Å². The Balaban J connectivity index is 3.34. The molecule has 0 heterocycles. The van der Waals surface area contributed by atoms with Gasteiger partial charge in [0.2, 0.25) is 0 Å². The number of carbonyl (C=O) groups is 1. The first-order chi connectivity index (χ1) is 12.1. The molecule has 0 rings (SSSR count). The molecule has 0 aliphatic rings. The smallest absolute Gasteiger partial charge is 0.305 e. The van der Waals surface area contributed by atoms with Crippen molar-refractivity contribution in [2.75, 3.05) is 11.9 Å². The van der Waals surface area contributed by atoms with E-state index in [1.54, 1.807) is 0 Å². The molecule has 0 amide bonds. The Morgan fingerprint density at radius 1 is 0.920 bits per heavy atom. The Bertz CT molecular complexity index is 335. The lowest BCUT2D eigenvalue weighted by atomic mass is 10.0. The molecule has 0 radical (unpaired) electrons. The maximum Gasteiger partial charge on any atom is 0.305 e. The predicted molar refractivity (Wildman–Crippen MR) is 113 cm³/mol. The Morgan fingerprint density at radius 2 is 1.48 bits per heavy atom. The van der Waals surface area contributed by atoms with Crippen LogP contribution in [0.2, 0.25) is 0 Å². The molecule has 0 aromatic rings. The van der Waals surface area contributed by atoms with Gasteiger partial charge in [-0.25, -0.2) is 0 Å². The first kappa shape index (κ1) is 24.7. The fraction of sp³-hybridized carbons (Fsp3) is 0.864. The molecule has 0 saturated carbocycles. The van der Waals surface area contributed by atoms with E-state index >= 15 is 0 Å². The van der Waals surface area contributed by atoms with Gasteiger partial charge in [-0.05, 0) is 51.9 Å². The van der Waals surface area contributed by atoms with Crippen molar-refractivity contribution in [1.82, 2.24) is 0 Å². The quantitative estimate of drug-likeness (QED) is 0.105. The minimum absolute atomic E-state index is 0.00808. The molecule has 1 unspecified atom stereocenters. The van der Waals surface area contributed by atoms with E-state index in [2.05, 4.69) is 42.8 Å². The van der Waals surface area contributed by atoms with Gasteiger partial charge in [-0.15, -0.1) is 0 Å². The summed E-state index contributed by atoms with van der Waals surface area (Å²) >= 11 is 3.47. The summed E-state index contributed by atoms with van der Waals surface area (Å²) in [4.78, 5) is 11.7. The predicted octanol–water partition coefficient (Wildman–Crippen LogP) is 7.60. The maximum atomic E-state index is 11.7. The first-order valence-electron chi connectivity index (χ1n) is 10.4. The average molecular weight is 417 g/mol. The number of halogens is 1. The van der Waals surface area contributed by atoms with Crippen LogP contribution < -0.4 is 0 Å². The fourth-order valence-electron chi connectivity index (χ4n) is 2.85. The Labute approximate surface area is 165 Å². The van der Waals surface area contributed by atoms with Crippen LogP contribution in [-0.2, 0) is 9.53 Å². The van der Waals surface area contributed by atoms with Crippen LogP contribution in [0.1, 0.15) is 104 Å². The zero-order valence-electron chi connectivity index (χ0n) is 17.0. The minimum Gasteiger partial charge on any atom is -0.466 e. The van der Waals surface area contributed by atoms with E-state index in [4.69, 9.17) is 4.74 Å². The van der Waals surface area contributed by atoms with E-state index in [1.165, 1.54) is 56.9 Å². The number of hydrogen-bond donors (Lipinski definition) is 0. The summed E-state index contributed by atoms with van der Waals surface area (Å²) in [5.41, 5.74) is 1.38. The van der Waals surface area contributed by atoms with Crippen molar-refractivity contribution in [1.29, 1.82) is 0 Å². The second kappa shape index (κ2) is 18.5.